The second kappa shape index (κ2) is 3.69. The fourth-order valence-electron chi connectivity index (χ4n) is 2.78. The van der Waals surface area contributed by atoms with Gasteiger partial charge in [-0.15, -0.1) is 0 Å². The van der Waals surface area contributed by atoms with Crippen LogP contribution >= 0.6 is 11.8 Å². The Bertz CT molecular complexity index is 439. The number of alkyl halides is 2. The van der Waals surface area contributed by atoms with Gasteiger partial charge in [-0.2, -0.15) is 8.78 Å². The van der Waals surface area contributed by atoms with Crippen molar-refractivity contribution in [2.75, 3.05) is 0 Å². The van der Waals surface area contributed by atoms with Crippen LogP contribution in [0.2, 0.25) is 0 Å². The van der Waals surface area contributed by atoms with Crippen LogP contribution in [0.1, 0.15) is 31.2 Å². The first-order valence-corrected chi connectivity index (χ1v) is 6.78. The van der Waals surface area contributed by atoms with E-state index < -0.39 is 5.76 Å². The summed E-state index contributed by atoms with van der Waals surface area (Å²) in [6.07, 6.45) is 4.34. The van der Waals surface area contributed by atoms with E-state index in [1.165, 1.54) is 0 Å². The summed E-state index contributed by atoms with van der Waals surface area (Å²) < 4.78 is 24.7. The zero-order valence-corrected chi connectivity index (χ0v) is 10.3. The van der Waals surface area contributed by atoms with Gasteiger partial charge in [-0.3, -0.25) is 0 Å². The fraction of sp³-hybridized carbons (Fsp3) is 0.538. The number of thioether (sulfide) groups is 1. The molecule has 92 valence electrons. The molecule has 0 amide bonds. The van der Waals surface area contributed by atoms with Crippen molar-refractivity contribution < 1.29 is 8.78 Å². The molecule has 1 aromatic carbocycles. The van der Waals surface area contributed by atoms with Gasteiger partial charge in [0.2, 0.25) is 0 Å². The van der Waals surface area contributed by atoms with E-state index in [9.17, 15) is 8.78 Å². The van der Waals surface area contributed by atoms with Crippen LogP contribution in [-0.4, -0.2) is 11.3 Å². The van der Waals surface area contributed by atoms with Crippen molar-refractivity contribution in [3.63, 3.8) is 0 Å². The maximum absolute atomic E-state index is 12.3. The SMILES string of the molecule is NC1(C2(c3cccc(SC(F)F)c3)CC2)CC1. The highest BCUT2D eigenvalue weighted by molar-refractivity contribution is 7.99. The Morgan fingerprint density at radius 1 is 1.18 bits per heavy atom. The van der Waals surface area contributed by atoms with E-state index in [0.717, 1.165) is 31.2 Å². The minimum atomic E-state index is -2.35. The zero-order chi connectivity index (χ0) is 12.1. The Kier molecular flexibility index (Phi) is 2.49. The van der Waals surface area contributed by atoms with E-state index >= 15 is 0 Å². The van der Waals surface area contributed by atoms with Crippen molar-refractivity contribution in [2.45, 2.75) is 47.3 Å². The third kappa shape index (κ3) is 1.87. The van der Waals surface area contributed by atoms with Crippen molar-refractivity contribution in [1.29, 1.82) is 0 Å². The van der Waals surface area contributed by atoms with Gasteiger partial charge in [-0.25, -0.2) is 0 Å². The number of hydrogen-bond donors (Lipinski definition) is 1. The van der Waals surface area contributed by atoms with E-state index in [4.69, 9.17) is 5.73 Å². The lowest BCUT2D eigenvalue weighted by Crippen LogP contribution is -2.37. The van der Waals surface area contributed by atoms with Crippen molar-refractivity contribution in [3.05, 3.63) is 29.8 Å². The Hall–Kier alpha value is -0.610. The molecular formula is C13H15F2NS. The summed E-state index contributed by atoms with van der Waals surface area (Å²) in [6.45, 7) is 0. The van der Waals surface area contributed by atoms with Crippen LogP contribution in [0.25, 0.3) is 0 Å². The van der Waals surface area contributed by atoms with Crippen molar-refractivity contribution in [3.8, 4) is 0 Å². The average Bonchev–Trinajstić information content (AvgIpc) is 3.12. The van der Waals surface area contributed by atoms with Crippen LogP contribution in [0.5, 0.6) is 0 Å². The Morgan fingerprint density at radius 3 is 2.41 bits per heavy atom. The van der Waals surface area contributed by atoms with Crippen LogP contribution < -0.4 is 5.73 Å². The van der Waals surface area contributed by atoms with Gasteiger partial charge < -0.3 is 5.73 Å². The van der Waals surface area contributed by atoms with Crippen LogP contribution in [0.15, 0.2) is 29.2 Å². The van der Waals surface area contributed by atoms with Gasteiger partial charge in [0.15, 0.2) is 0 Å². The Labute approximate surface area is 104 Å². The van der Waals surface area contributed by atoms with E-state index in [2.05, 4.69) is 0 Å². The zero-order valence-electron chi connectivity index (χ0n) is 9.46. The van der Waals surface area contributed by atoms with Gasteiger partial charge in [0.25, 0.3) is 5.76 Å². The molecular weight excluding hydrogens is 240 g/mol. The van der Waals surface area contributed by atoms with Crippen LogP contribution in [0.3, 0.4) is 0 Å². The lowest BCUT2D eigenvalue weighted by molar-refractivity contribution is 0.252. The minimum Gasteiger partial charge on any atom is -0.324 e. The number of hydrogen-bond acceptors (Lipinski definition) is 2. The van der Waals surface area contributed by atoms with Gasteiger partial charge in [0.05, 0.1) is 0 Å². The van der Waals surface area contributed by atoms with E-state index in [0.29, 0.717) is 16.7 Å². The summed E-state index contributed by atoms with van der Waals surface area (Å²) in [5.74, 6) is -2.35. The van der Waals surface area contributed by atoms with Crippen LogP contribution in [0, 0.1) is 0 Å². The molecule has 4 heteroatoms. The highest BCUT2D eigenvalue weighted by Gasteiger charge is 2.63. The third-order valence-electron chi connectivity index (χ3n) is 4.10. The van der Waals surface area contributed by atoms with Gasteiger partial charge in [-0.05, 0) is 43.4 Å². The summed E-state index contributed by atoms with van der Waals surface area (Å²) in [6, 6.07) is 7.55. The van der Waals surface area contributed by atoms with E-state index in [1.807, 2.05) is 18.2 Å². The summed E-state index contributed by atoms with van der Waals surface area (Å²) in [4.78, 5) is 0.646. The first-order chi connectivity index (χ1) is 8.06. The molecule has 2 aliphatic rings. The van der Waals surface area contributed by atoms with Crippen LogP contribution in [-0.2, 0) is 5.41 Å². The predicted molar refractivity (Wildman–Crippen MR) is 65.4 cm³/mol. The topological polar surface area (TPSA) is 26.0 Å². The summed E-state index contributed by atoms with van der Waals surface area (Å²) >= 11 is 0.613. The second-order valence-corrected chi connectivity index (χ2v) is 6.21. The normalized spacial score (nSPS) is 23.8. The maximum atomic E-state index is 12.3. The molecule has 17 heavy (non-hydrogen) atoms. The number of halogens is 2. The standard InChI is InChI=1S/C13H15F2NS/c14-11(15)17-10-3-1-2-9(8-10)12(4-5-12)13(16)6-7-13/h1-3,8,11H,4-7,16H2. The molecule has 0 aliphatic heterocycles. The van der Waals surface area contributed by atoms with Crippen molar-refractivity contribution in [1.82, 2.24) is 0 Å². The monoisotopic (exact) mass is 255 g/mol. The molecule has 0 bridgehead atoms. The lowest BCUT2D eigenvalue weighted by atomic mass is 9.86. The van der Waals surface area contributed by atoms with Gasteiger partial charge in [-0.1, -0.05) is 23.9 Å². The van der Waals surface area contributed by atoms with Crippen molar-refractivity contribution >= 4 is 11.8 Å². The molecule has 0 radical (unpaired) electrons. The molecule has 0 spiro atoms. The van der Waals surface area contributed by atoms with Gasteiger partial charge >= 0.3 is 0 Å². The Balaban J connectivity index is 1.88. The molecule has 0 heterocycles. The Morgan fingerprint density at radius 2 is 1.88 bits per heavy atom. The van der Waals surface area contributed by atoms with E-state index in [1.54, 1.807) is 6.07 Å². The van der Waals surface area contributed by atoms with Gasteiger partial charge in [0.1, 0.15) is 0 Å². The molecule has 0 saturated heterocycles. The highest BCUT2D eigenvalue weighted by atomic mass is 32.2. The first-order valence-electron chi connectivity index (χ1n) is 5.90. The first kappa shape index (κ1) is 11.5. The molecule has 2 aliphatic carbocycles. The summed E-state index contributed by atoms with van der Waals surface area (Å²) in [5, 5.41) is 0. The largest absolute Gasteiger partial charge is 0.324 e. The van der Waals surface area contributed by atoms with Crippen molar-refractivity contribution in [2.24, 2.45) is 5.73 Å². The molecule has 1 aromatic rings. The lowest BCUT2D eigenvalue weighted by Gasteiger charge is -2.23. The molecule has 0 atom stereocenters. The van der Waals surface area contributed by atoms with Crippen LogP contribution in [0.4, 0.5) is 8.78 Å². The molecule has 2 fully saturated rings. The van der Waals surface area contributed by atoms with Gasteiger partial charge in [0, 0.05) is 15.8 Å². The maximum Gasteiger partial charge on any atom is 0.288 e. The smallest absolute Gasteiger partial charge is 0.288 e. The average molecular weight is 255 g/mol. The third-order valence-corrected chi connectivity index (χ3v) is 4.81. The molecule has 3 rings (SSSR count). The molecule has 2 saturated carbocycles. The fourth-order valence-corrected chi connectivity index (χ4v) is 3.34. The number of rotatable bonds is 4. The molecule has 0 unspecified atom stereocenters. The number of nitrogens with two attached hydrogens (primary N) is 1. The molecule has 1 nitrogen and oxygen atoms in total. The molecule has 2 N–H and O–H groups in total. The predicted octanol–water partition coefficient (Wildman–Crippen LogP) is 3.52. The summed E-state index contributed by atoms with van der Waals surface area (Å²) in [5.41, 5.74) is 7.51. The molecule has 0 aromatic heterocycles. The van der Waals surface area contributed by atoms with E-state index in [-0.39, 0.29) is 11.0 Å². The summed E-state index contributed by atoms with van der Waals surface area (Å²) in [7, 11) is 0. The quantitative estimate of drug-likeness (QED) is 0.833. The second-order valence-electron chi connectivity index (χ2n) is 5.14. The highest BCUT2D eigenvalue weighted by Crippen LogP contribution is 2.63. The minimum absolute atomic E-state index is 0.0544. The number of benzene rings is 1.